The van der Waals surface area contributed by atoms with Crippen LogP contribution in [-0.4, -0.2) is 4.98 Å². The van der Waals surface area contributed by atoms with Crippen LogP contribution in [0.3, 0.4) is 0 Å². The fourth-order valence-corrected chi connectivity index (χ4v) is 2.71. The van der Waals surface area contributed by atoms with Gasteiger partial charge in [-0.25, -0.2) is 4.98 Å². The molecule has 0 bridgehead atoms. The molecule has 0 radical (unpaired) electrons. The second-order valence-electron chi connectivity index (χ2n) is 4.48. The van der Waals surface area contributed by atoms with Gasteiger partial charge in [0.15, 0.2) is 5.58 Å². The van der Waals surface area contributed by atoms with Crippen LogP contribution in [0.5, 0.6) is 0 Å². The first kappa shape index (κ1) is 12.1. The first-order valence-electron chi connectivity index (χ1n) is 6.05. The molecular formula is C15H14N2OS. The van der Waals surface area contributed by atoms with Crippen molar-refractivity contribution in [2.45, 2.75) is 17.9 Å². The minimum absolute atomic E-state index is 0.683. The van der Waals surface area contributed by atoms with E-state index in [0.717, 1.165) is 16.9 Å². The van der Waals surface area contributed by atoms with Gasteiger partial charge in [-0.2, -0.15) is 0 Å². The number of nitrogen functional groups attached to an aromatic ring is 1. The zero-order valence-corrected chi connectivity index (χ0v) is 11.4. The highest BCUT2D eigenvalue weighted by atomic mass is 32.2. The van der Waals surface area contributed by atoms with E-state index in [1.807, 2.05) is 18.2 Å². The average Bonchev–Trinajstić information content (AvgIpc) is 2.78. The molecule has 0 atom stereocenters. The number of hydrogen-bond acceptors (Lipinski definition) is 4. The number of aromatic nitrogens is 1. The summed E-state index contributed by atoms with van der Waals surface area (Å²) in [5.74, 6) is 0.851. The highest BCUT2D eigenvalue weighted by molar-refractivity contribution is 7.98. The quantitative estimate of drug-likeness (QED) is 0.577. The molecule has 0 saturated heterocycles. The van der Waals surface area contributed by atoms with Crippen LogP contribution >= 0.6 is 11.8 Å². The van der Waals surface area contributed by atoms with Gasteiger partial charge >= 0.3 is 0 Å². The van der Waals surface area contributed by atoms with Crippen LogP contribution in [0, 0.1) is 6.92 Å². The second kappa shape index (κ2) is 4.97. The molecule has 96 valence electrons. The molecule has 3 rings (SSSR count). The number of hydrogen-bond donors (Lipinski definition) is 1. The largest absolute Gasteiger partial charge is 0.431 e. The third-order valence-corrected chi connectivity index (χ3v) is 3.74. The molecule has 0 aliphatic carbocycles. The summed E-state index contributed by atoms with van der Waals surface area (Å²) in [5, 5.41) is 0.683. The Labute approximate surface area is 115 Å². The van der Waals surface area contributed by atoms with Gasteiger partial charge in [0.1, 0.15) is 5.52 Å². The molecule has 4 heteroatoms. The van der Waals surface area contributed by atoms with Crippen LogP contribution in [0.15, 0.2) is 52.1 Å². The Morgan fingerprint density at radius 3 is 2.95 bits per heavy atom. The van der Waals surface area contributed by atoms with Crippen molar-refractivity contribution in [3.63, 3.8) is 0 Å². The summed E-state index contributed by atoms with van der Waals surface area (Å²) in [7, 11) is 0. The average molecular weight is 270 g/mol. The normalized spacial score (nSPS) is 11.0. The minimum Gasteiger partial charge on any atom is -0.431 e. The number of fused-ring (bicyclic) bond motifs is 1. The SMILES string of the molecule is Cc1cccc(CSc2nc3cc(N)ccc3o2)c1. The highest BCUT2D eigenvalue weighted by Crippen LogP contribution is 2.27. The molecule has 2 aromatic carbocycles. The van der Waals surface area contributed by atoms with Gasteiger partial charge in [0.25, 0.3) is 5.22 Å². The topological polar surface area (TPSA) is 52.0 Å². The maximum Gasteiger partial charge on any atom is 0.257 e. The van der Waals surface area contributed by atoms with Crippen LogP contribution in [0.4, 0.5) is 5.69 Å². The van der Waals surface area contributed by atoms with E-state index >= 15 is 0 Å². The summed E-state index contributed by atoms with van der Waals surface area (Å²) in [6.45, 7) is 2.09. The molecule has 1 heterocycles. The first-order valence-corrected chi connectivity index (χ1v) is 7.04. The van der Waals surface area contributed by atoms with Gasteiger partial charge in [0.05, 0.1) is 0 Å². The number of anilines is 1. The maximum absolute atomic E-state index is 5.73. The molecule has 0 aliphatic rings. The summed E-state index contributed by atoms with van der Waals surface area (Å²) >= 11 is 1.60. The first-order chi connectivity index (χ1) is 9.20. The summed E-state index contributed by atoms with van der Waals surface area (Å²) in [4.78, 5) is 4.43. The standard InChI is InChI=1S/C15H14N2OS/c1-10-3-2-4-11(7-10)9-19-15-17-13-8-12(16)5-6-14(13)18-15/h2-8H,9,16H2,1H3. The highest BCUT2D eigenvalue weighted by Gasteiger charge is 2.06. The Balaban J connectivity index is 1.78. The number of nitrogens with zero attached hydrogens (tertiary/aromatic N) is 1. The maximum atomic E-state index is 5.73. The number of rotatable bonds is 3. The van der Waals surface area contributed by atoms with E-state index in [0.29, 0.717) is 10.9 Å². The Bertz CT molecular complexity index is 721. The number of nitrogens with two attached hydrogens (primary N) is 1. The molecule has 0 spiro atoms. The number of thioether (sulfide) groups is 1. The third kappa shape index (κ3) is 2.74. The van der Waals surface area contributed by atoms with Crippen molar-refractivity contribution in [1.82, 2.24) is 4.98 Å². The lowest BCUT2D eigenvalue weighted by Gasteiger charge is -1.99. The predicted octanol–water partition coefficient (Wildman–Crippen LogP) is 4.01. The summed E-state index contributed by atoms with van der Waals surface area (Å²) in [6.07, 6.45) is 0. The van der Waals surface area contributed by atoms with Gasteiger partial charge in [0, 0.05) is 11.4 Å². The van der Waals surface area contributed by atoms with Gasteiger partial charge in [-0.05, 0) is 30.7 Å². The van der Waals surface area contributed by atoms with E-state index in [1.54, 1.807) is 11.8 Å². The van der Waals surface area contributed by atoms with E-state index in [-0.39, 0.29) is 0 Å². The fraction of sp³-hybridized carbons (Fsp3) is 0.133. The van der Waals surface area contributed by atoms with Crippen molar-refractivity contribution in [2.75, 3.05) is 5.73 Å². The van der Waals surface area contributed by atoms with Crippen molar-refractivity contribution < 1.29 is 4.42 Å². The Hall–Kier alpha value is -1.94. The van der Waals surface area contributed by atoms with Crippen molar-refractivity contribution in [1.29, 1.82) is 0 Å². The minimum atomic E-state index is 0.683. The third-order valence-electron chi connectivity index (χ3n) is 2.84. The Morgan fingerprint density at radius 2 is 2.11 bits per heavy atom. The summed E-state index contributed by atoms with van der Waals surface area (Å²) in [6, 6.07) is 14.0. The number of benzene rings is 2. The zero-order chi connectivity index (χ0) is 13.2. The van der Waals surface area contributed by atoms with Crippen molar-refractivity contribution >= 4 is 28.5 Å². The van der Waals surface area contributed by atoms with E-state index in [9.17, 15) is 0 Å². The van der Waals surface area contributed by atoms with Gasteiger partial charge in [0.2, 0.25) is 0 Å². The lowest BCUT2D eigenvalue weighted by molar-refractivity contribution is 0.489. The van der Waals surface area contributed by atoms with Crippen LogP contribution in [-0.2, 0) is 5.75 Å². The van der Waals surface area contributed by atoms with E-state index in [2.05, 4.69) is 36.2 Å². The van der Waals surface area contributed by atoms with E-state index < -0.39 is 0 Å². The molecule has 19 heavy (non-hydrogen) atoms. The molecule has 3 nitrogen and oxygen atoms in total. The van der Waals surface area contributed by atoms with E-state index in [4.69, 9.17) is 10.2 Å². The molecule has 1 aromatic heterocycles. The Morgan fingerprint density at radius 1 is 1.21 bits per heavy atom. The number of oxazole rings is 1. The smallest absolute Gasteiger partial charge is 0.257 e. The number of aryl methyl sites for hydroxylation is 1. The molecular weight excluding hydrogens is 256 g/mol. The van der Waals surface area contributed by atoms with Gasteiger partial charge in [-0.15, -0.1) is 0 Å². The molecule has 2 N–H and O–H groups in total. The predicted molar refractivity (Wildman–Crippen MR) is 79.2 cm³/mol. The molecule has 3 aromatic rings. The lowest BCUT2D eigenvalue weighted by Crippen LogP contribution is -1.82. The molecule has 0 saturated carbocycles. The Kier molecular flexibility index (Phi) is 3.17. The van der Waals surface area contributed by atoms with Crippen LogP contribution in [0.25, 0.3) is 11.1 Å². The molecule has 0 unspecified atom stereocenters. The van der Waals surface area contributed by atoms with Crippen molar-refractivity contribution in [3.8, 4) is 0 Å². The van der Waals surface area contributed by atoms with Crippen molar-refractivity contribution in [3.05, 3.63) is 53.6 Å². The molecule has 0 amide bonds. The van der Waals surface area contributed by atoms with Crippen LogP contribution < -0.4 is 5.73 Å². The monoisotopic (exact) mass is 270 g/mol. The van der Waals surface area contributed by atoms with Crippen molar-refractivity contribution in [2.24, 2.45) is 0 Å². The van der Waals surface area contributed by atoms with Gasteiger partial charge in [-0.3, -0.25) is 0 Å². The van der Waals surface area contributed by atoms with E-state index in [1.165, 1.54) is 11.1 Å². The fourth-order valence-electron chi connectivity index (χ4n) is 1.93. The van der Waals surface area contributed by atoms with Gasteiger partial charge < -0.3 is 10.2 Å². The second-order valence-corrected chi connectivity index (χ2v) is 5.41. The summed E-state index contributed by atoms with van der Waals surface area (Å²) < 4.78 is 5.67. The zero-order valence-electron chi connectivity index (χ0n) is 10.6. The van der Waals surface area contributed by atoms with Crippen LogP contribution in [0.1, 0.15) is 11.1 Å². The van der Waals surface area contributed by atoms with Gasteiger partial charge in [-0.1, -0.05) is 41.6 Å². The molecule has 0 aliphatic heterocycles. The summed E-state index contributed by atoms with van der Waals surface area (Å²) in [5.41, 5.74) is 10.6. The lowest BCUT2D eigenvalue weighted by atomic mass is 10.2. The van der Waals surface area contributed by atoms with Crippen LogP contribution in [0.2, 0.25) is 0 Å². The molecule has 0 fully saturated rings.